The Morgan fingerprint density at radius 3 is 2.83 bits per heavy atom. The molecule has 1 aromatic carbocycles. The Morgan fingerprint density at radius 2 is 2.03 bits per heavy atom. The number of aromatic nitrogens is 5. The average molecular weight is 412 g/mol. The van der Waals surface area contributed by atoms with Crippen molar-refractivity contribution in [3.63, 3.8) is 0 Å². The third kappa shape index (κ3) is 5.11. The molecule has 0 unspecified atom stereocenters. The Balaban J connectivity index is 1.29. The number of hydrogen-bond acceptors (Lipinski definition) is 5. The summed E-state index contributed by atoms with van der Waals surface area (Å²) < 4.78 is 14.8. The molecule has 0 spiro atoms. The number of rotatable bonds is 7. The molecule has 29 heavy (non-hydrogen) atoms. The van der Waals surface area contributed by atoms with Crippen molar-refractivity contribution in [1.82, 2.24) is 25.0 Å². The Bertz CT molecular complexity index is 991. The van der Waals surface area contributed by atoms with Crippen LogP contribution in [0.4, 0.5) is 10.2 Å². The maximum atomic E-state index is 12.9. The number of H-pyrrole nitrogens is 1. The van der Waals surface area contributed by atoms with Crippen LogP contribution in [0, 0.1) is 5.82 Å². The zero-order valence-electron chi connectivity index (χ0n) is 15.7. The summed E-state index contributed by atoms with van der Waals surface area (Å²) in [5, 5.41) is 14.7. The van der Waals surface area contributed by atoms with Gasteiger partial charge in [0.25, 0.3) is 0 Å². The van der Waals surface area contributed by atoms with E-state index in [0.717, 1.165) is 24.2 Å². The van der Waals surface area contributed by atoms with Gasteiger partial charge >= 0.3 is 0 Å². The van der Waals surface area contributed by atoms with E-state index in [-0.39, 0.29) is 17.5 Å². The van der Waals surface area contributed by atoms with Crippen LogP contribution >= 0.6 is 11.8 Å². The number of benzene rings is 1. The minimum atomic E-state index is -0.273. The number of thioether (sulfide) groups is 1. The third-order valence-corrected chi connectivity index (χ3v) is 5.57. The van der Waals surface area contributed by atoms with Crippen molar-refractivity contribution in [2.45, 2.75) is 36.9 Å². The van der Waals surface area contributed by atoms with E-state index in [1.807, 2.05) is 16.8 Å². The maximum Gasteiger partial charge on any atom is 0.235 e. The van der Waals surface area contributed by atoms with Crippen LogP contribution in [0.15, 0.2) is 41.7 Å². The Morgan fingerprint density at radius 1 is 1.24 bits per heavy atom. The molecule has 0 atom stereocenters. The van der Waals surface area contributed by atoms with Crippen LogP contribution in [0.25, 0.3) is 12.2 Å². The van der Waals surface area contributed by atoms with E-state index in [4.69, 9.17) is 0 Å². The van der Waals surface area contributed by atoms with Gasteiger partial charge in [-0.15, -0.1) is 5.10 Å². The van der Waals surface area contributed by atoms with E-state index in [1.165, 1.54) is 36.7 Å². The maximum absolute atomic E-state index is 12.9. The van der Waals surface area contributed by atoms with Crippen LogP contribution in [0.2, 0.25) is 0 Å². The molecule has 1 fully saturated rings. The SMILES string of the molecule is O=C(CSc1n[nH]c(/C=C/c2ccc(F)cc2)n1)Nc1ccnn1C1CCCC1. The van der Waals surface area contributed by atoms with Gasteiger partial charge in [-0.05, 0) is 36.6 Å². The largest absolute Gasteiger partial charge is 0.310 e. The van der Waals surface area contributed by atoms with Crippen molar-refractivity contribution in [2.24, 2.45) is 0 Å². The monoisotopic (exact) mass is 412 g/mol. The molecule has 2 aromatic heterocycles. The number of amides is 1. The lowest BCUT2D eigenvalue weighted by Crippen LogP contribution is -2.19. The zero-order valence-corrected chi connectivity index (χ0v) is 16.5. The smallest absolute Gasteiger partial charge is 0.235 e. The van der Waals surface area contributed by atoms with Gasteiger partial charge in [0.2, 0.25) is 11.1 Å². The summed E-state index contributed by atoms with van der Waals surface area (Å²) in [5.74, 6) is 1.11. The van der Waals surface area contributed by atoms with E-state index in [1.54, 1.807) is 24.4 Å². The number of hydrogen-bond donors (Lipinski definition) is 2. The predicted molar refractivity (Wildman–Crippen MR) is 111 cm³/mol. The van der Waals surface area contributed by atoms with Crippen LogP contribution in [0.1, 0.15) is 43.1 Å². The van der Waals surface area contributed by atoms with Crippen molar-refractivity contribution >= 4 is 35.6 Å². The molecule has 1 saturated carbocycles. The second-order valence-electron chi connectivity index (χ2n) is 6.82. The van der Waals surface area contributed by atoms with Crippen molar-refractivity contribution in [2.75, 3.05) is 11.1 Å². The second kappa shape index (κ2) is 9.04. The highest BCUT2D eigenvalue weighted by molar-refractivity contribution is 7.99. The molecule has 4 rings (SSSR count). The van der Waals surface area contributed by atoms with Crippen molar-refractivity contribution in [3.8, 4) is 0 Å². The van der Waals surface area contributed by atoms with E-state index in [9.17, 15) is 9.18 Å². The van der Waals surface area contributed by atoms with E-state index < -0.39 is 0 Å². The molecule has 0 radical (unpaired) electrons. The van der Waals surface area contributed by atoms with Crippen LogP contribution < -0.4 is 5.32 Å². The highest BCUT2D eigenvalue weighted by atomic mass is 32.2. The van der Waals surface area contributed by atoms with Crippen LogP contribution in [0.3, 0.4) is 0 Å². The van der Waals surface area contributed by atoms with E-state index >= 15 is 0 Å². The van der Waals surface area contributed by atoms with E-state index in [0.29, 0.717) is 17.0 Å². The van der Waals surface area contributed by atoms with Gasteiger partial charge in [-0.3, -0.25) is 9.89 Å². The number of nitrogens with one attached hydrogen (secondary N) is 2. The molecule has 2 N–H and O–H groups in total. The highest BCUT2D eigenvalue weighted by Crippen LogP contribution is 2.31. The van der Waals surface area contributed by atoms with Gasteiger partial charge in [0, 0.05) is 6.07 Å². The molecule has 1 aliphatic rings. The first kappa shape index (κ1) is 19.4. The van der Waals surface area contributed by atoms with Crippen molar-refractivity contribution in [3.05, 3.63) is 53.7 Å². The molecular weight excluding hydrogens is 391 g/mol. The molecular formula is C20H21FN6OS. The lowest BCUT2D eigenvalue weighted by Gasteiger charge is -2.14. The van der Waals surface area contributed by atoms with E-state index in [2.05, 4.69) is 25.6 Å². The molecule has 150 valence electrons. The van der Waals surface area contributed by atoms with Crippen LogP contribution in [0.5, 0.6) is 0 Å². The molecule has 1 aliphatic carbocycles. The fraction of sp³-hybridized carbons (Fsp3) is 0.300. The number of aromatic amines is 1. The molecule has 1 amide bonds. The standard InChI is InChI=1S/C20H21FN6OS/c21-15-8-5-14(6-9-15)7-10-17-23-20(26-25-17)29-13-19(28)24-18-11-12-22-27(18)16-3-1-2-4-16/h5-12,16H,1-4,13H2,(H,24,28)(H,23,25,26)/b10-7+. The normalized spacial score (nSPS) is 14.7. The Hall–Kier alpha value is -2.94. The second-order valence-corrected chi connectivity index (χ2v) is 7.77. The molecule has 0 aliphatic heterocycles. The number of carbonyl (C=O) groups is 1. The predicted octanol–water partition coefficient (Wildman–Crippen LogP) is 4.16. The number of nitrogens with zero attached hydrogens (tertiary/aromatic N) is 4. The quantitative estimate of drug-likeness (QED) is 0.569. The van der Waals surface area contributed by atoms with Gasteiger partial charge in [-0.2, -0.15) is 5.10 Å². The van der Waals surface area contributed by atoms with Crippen molar-refractivity contribution < 1.29 is 9.18 Å². The van der Waals surface area contributed by atoms with Gasteiger partial charge < -0.3 is 5.32 Å². The highest BCUT2D eigenvalue weighted by Gasteiger charge is 2.20. The number of carbonyl (C=O) groups excluding carboxylic acids is 1. The molecule has 7 nitrogen and oxygen atoms in total. The van der Waals surface area contributed by atoms with Gasteiger partial charge in [-0.25, -0.2) is 14.1 Å². The first-order valence-electron chi connectivity index (χ1n) is 9.49. The summed E-state index contributed by atoms with van der Waals surface area (Å²) in [7, 11) is 0. The fourth-order valence-electron chi connectivity index (χ4n) is 3.31. The summed E-state index contributed by atoms with van der Waals surface area (Å²) in [6.07, 6.45) is 9.90. The lowest BCUT2D eigenvalue weighted by atomic mass is 10.2. The molecule has 3 aromatic rings. The first-order chi connectivity index (χ1) is 14.2. The van der Waals surface area contributed by atoms with Gasteiger partial charge in [0.05, 0.1) is 18.0 Å². The van der Waals surface area contributed by atoms with Gasteiger partial charge in [0.15, 0.2) is 0 Å². The molecule has 2 heterocycles. The fourth-order valence-corrected chi connectivity index (χ4v) is 3.91. The summed E-state index contributed by atoms with van der Waals surface area (Å²) in [6, 6.07) is 8.36. The van der Waals surface area contributed by atoms with Gasteiger partial charge in [-0.1, -0.05) is 42.8 Å². The van der Waals surface area contributed by atoms with Crippen LogP contribution in [-0.4, -0.2) is 36.6 Å². The van der Waals surface area contributed by atoms with Crippen LogP contribution in [-0.2, 0) is 4.79 Å². The zero-order chi connectivity index (χ0) is 20.1. The third-order valence-electron chi connectivity index (χ3n) is 4.73. The molecule has 9 heteroatoms. The summed E-state index contributed by atoms with van der Waals surface area (Å²) in [5.41, 5.74) is 0.857. The van der Waals surface area contributed by atoms with Gasteiger partial charge in [0.1, 0.15) is 17.5 Å². The first-order valence-corrected chi connectivity index (χ1v) is 10.5. The minimum absolute atomic E-state index is 0.122. The topological polar surface area (TPSA) is 88.5 Å². The summed E-state index contributed by atoms with van der Waals surface area (Å²) >= 11 is 1.25. The molecule has 0 saturated heterocycles. The summed E-state index contributed by atoms with van der Waals surface area (Å²) in [4.78, 5) is 16.6. The number of anilines is 1. The Labute approximate surface area is 171 Å². The van der Waals surface area contributed by atoms with Crippen molar-refractivity contribution in [1.29, 1.82) is 0 Å². The minimum Gasteiger partial charge on any atom is -0.310 e. The average Bonchev–Trinajstić information content (AvgIpc) is 3.47. The molecule has 0 bridgehead atoms. The lowest BCUT2D eigenvalue weighted by molar-refractivity contribution is -0.113. The number of halogens is 1. The Kier molecular flexibility index (Phi) is 6.04. The summed E-state index contributed by atoms with van der Waals surface area (Å²) in [6.45, 7) is 0.